The number of H-pyrrole nitrogens is 1. The summed E-state index contributed by atoms with van der Waals surface area (Å²) in [4.78, 5) is 7.16. The minimum absolute atomic E-state index is 0.178. The molecule has 1 unspecified atom stereocenters. The predicted molar refractivity (Wildman–Crippen MR) is 61.9 cm³/mol. The fourth-order valence-electron chi connectivity index (χ4n) is 1.56. The van der Waals surface area contributed by atoms with Gasteiger partial charge in [-0.15, -0.1) is 0 Å². The zero-order valence-corrected chi connectivity index (χ0v) is 9.14. The lowest BCUT2D eigenvalue weighted by molar-refractivity contribution is 0.472. The van der Waals surface area contributed by atoms with Gasteiger partial charge in [-0.1, -0.05) is 12.1 Å². The van der Waals surface area contributed by atoms with E-state index in [1.165, 1.54) is 0 Å². The first-order valence-electron chi connectivity index (χ1n) is 5.26. The van der Waals surface area contributed by atoms with Crippen LogP contribution in [-0.4, -0.2) is 15.1 Å². The third-order valence-corrected chi connectivity index (χ3v) is 2.50. The van der Waals surface area contributed by atoms with Gasteiger partial charge < -0.3 is 15.4 Å². The van der Waals surface area contributed by atoms with Gasteiger partial charge in [-0.2, -0.15) is 0 Å². The van der Waals surface area contributed by atoms with E-state index in [9.17, 15) is 5.11 Å². The van der Waals surface area contributed by atoms with Crippen LogP contribution in [-0.2, 0) is 6.54 Å². The van der Waals surface area contributed by atoms with Crippen molar-refractivity contribution in [3.05, 3.63) is 48.0 Å². The van der Waals surface area contributed by atoms with Crippen molar-refractivity contribution in [2.45, 2.75) is 19.5 Å². The van der Waals surface area contributed by atoms with Crippen molar-refractivity contribution in [2.75, 3.05) is 0 Å². The van der Waals surface area contributed by atoms with Gasteiger partial charge in [0, 0.05) is 18.4 Å². The quantitative estimate of drug-likeness (QED) is 0.733. The van der Waals surface area contributed by atoms with E-state index in [4.69, 9.17) is 0 Å². The summed E-state index contributed by atoms with van der Waals surface area (Å²) in [7, 11) is 0. The zero-order valence-electron chi connectivity index (χ0n) is 9.14. The van der Waals surface area contributed by atoms with Gasteiger partial charge in [0.25, 0.3) is 0 Å². The van der Waals surface area contributed by atoms with Crippen LogP contribution in [0.1, 0.15) is 24.4 Å². The SMILES string of the molecule is CC(NCc1ncc[nH]1)c1cccc(O)c1. The fraction of sp³-hybridized carbons (Fsp3) is 0.250. The number of hydrogen-bond donors (Lipinski definition) is 3. The van der Waals surface area contributed by atoms with Crippen molar-refractivity contribution in [1.82, 2.24) is 15.3 Å². The topological polar surface area (TPSA) is 60.9 Å². The summed E-state index contributed by atoms with van der Waals surface area (Å²) >= 11 is 0. The molecule has 0 saturated carbocycles. The molecule has 0 amide bonds. The van der Waals surface area contributed by atoms with Gasteiger partial charge in [0.05, 0.1) is 6.54 Å². The van der Waals surface area contributed by atoms with E-state index in [2.05, 4.69) is 22.2 Å². The van der Waals surface area contributed by atoms with Crippen LogP contribution in [0.15, 0.2) is 36.7 Å². The molecule has 0 aliphatic heterocycles. The Labute approximate surface area is 94.4 Å². The Hall–Kier alpha value is -1.81. The van der Waals surface area contributed by atoms with Crippen LogP contribution in [0.25, 0.3) is 0 Å². The number of aromatic hydroxyl groups is 1. The van der Waals surface area contributed by atoms with Gasteiger partial charge in [0.15, 0.2) is 0 Å². The predicted octanol–water partition coefficient (Wildman–Crippen LogP) is 1.97. The van der Waals surface area contributed by atoms with E-state index >= 15 is 0 Å². The minimum atomic E-state index is 0.178. The molecule has 16 heavy (non-hydrogen) atoms. The summed E-state index contributed by atoms with van der Waals surface area (Å²) in [6, 6.07) is 7.44. The summed E-state index contributed by atoms with van der Waals surface area (Å²) in [5, 5.41) is 12.7. The molecule has 1 atom stereocenters. The number of phenols is 1. The molecule has 1 aromatic heterocycles. The number of aromatic amines is 1. The monoisotopic (exact) mass is 217 g/mol. The Morgan fingerprint density at radius 2 is 2.38 bits per heavy atom. The molecule has 0 aliphatic rings. The first-order valence-corrected chi connectivity index (χ1v) is 5.26. The van der Waals surface area contributed by atoms with Gasteiger partial charge in [-0.25, -0.2) is 4.98 Å². The molecule has 2 aromatic rings. The average molecular weight is 217 g/mol. The van der Waals surface area contributed by atoms with Gasteiger partial charge in [0.2, 0.25) is 0 Å². The maximum atomic E-state index is 9.37. The normalized spacial score (nSPS) is 12.6. The molecule has 4 nitrogen and oxygen atoms in total. The van der Waals surface area contributed by atoms with E-state index in [0.29, 0.717) is 12.3 Å². The second-order valence-electron chi connectivity index (χ2n) is 3.73. The molecular formula is C12H15N3O. The molecule has 0 saturated heterocycles. The Morgan fingerprint density at radius 3 is 3.06 bits per heavy atom. The summed E-state index contributed by atoms with van der Waals surface area (Å²) in [6.45, 7) is 2.74. The highest BCUT2D eigenvalue weighted by molar-refractivity contribution is 5.29. The highest BCUT2D eigenvalue weighted by atomic mass is 16.3. The number of rotatable bonds is 4. The second kappa shape index (κ2) is 4.81. The lowest BCUT2D eigenvalue weighted by Crippen LogP contribution is -2.18. The standard InChI is InChI=1S/C12H15N3O/c1-9(10-3-2-4-11(16)7-10)15-8-12-13-5-6-14-12/h2-7,9,15-16H,8H2,1H3,(H,13,14). The van der Waals surface area contributed by atoms with Gasteiger partial charge in [0.1, 0.15) is 11.6 Å². The van der Waals surface area contributed by atoms with Crippen molar-refractivity contribution >= 4 is 0 Å². The first-order chi connectivity index (χ1) is 7.75. The molecule has 0 aliphatic carbocycles. The van der Waals surface area contributed by atoms with Gasteiger partial charge in [-0.05, 0) is 24.6 Å². The molecule has 84 valence electrons. The molecule has 1 aromatic carbocycles. The molecule has 0 radical (unpaired) electrons. The Morgan fingerprint density at radius 1 is 1.50 bits per heavy atom. The molecule has 1 heterocycles. The highest BCUT2D eigenvalue weighted by Gasteiger charge is 2.05. The number of nitrogens with one attached hydrogen (secondary N) is 2. The average Bonchev–Trinajstić information content (AvgIpc) is 2.78. The Balaban J connectivity index is 1.95. The summed E-state index contributed by atoms with van der Waals surface area (Å²) < 4.78 is 0. The first kappa shape index (κ1) is 10.7. The van der Waals surface area contributed by atoms with Gasteiger partial charge in [-0.3, -0.25) is 0 Å². The van der Waals surface area contributed by atoms with E-state index < -0.39 is 0 Å². The number of nitrogens with zero attached hydrogens (tertiary/aromatic N) is 1. The van der Waals surface area contributed by atoms with Crippen molar-refractivity contribution < 1.29 is 5.11 Å². The second-order valence-corrected chi connectivity index (χ2v) is 3.73. The third kappa shape index (κ3) is 2.61. The lowest BCUT2D eigenvalue weighted by Gasteiger charge is -2.13. The van der Waals surface area contributed by atoms with Crippen molar-refractivity contribution in [2.24, 2.45) is 0 Å². The third-order valence-electron chi connectivity index (χ3n) is 2.50. The molecular weight excluding hydrogens is 202 g/mol. The molecule has 2 rings (SSSR count). The molecule has 4 heteroatoms. The number of hydrogen-bond acceptors (Lipinski definition) is 3. The van der Waals surface area contributed by atoms with Crippen molar-refractivity contribution in [1.29, 1.82) is 0 Å². The number of imidazole rings is 1. The Bertz CT molecular complexity index is 439. The van der Waals surface area contributed by atoms with Crippen LogP contribution in [0, 0.1) is 0 Å². The highest BCUT2D eigenvalue weighted by Crippen LogP contribution is 2.17. The smallest absolute Gasteiger partial charge is 0.120 e. The number of phenolic OH excluding ortho intramolecular Hbond substituents is 1. The van der Waals surface area contributed by atoms with E-state index in [1.807, 2.05) is 12.1 Å². The summed E-state index contributed by atoms with van der Waals surface area (Å²) in [5.74, 6) is 1.20. The largest absolute Gasteiger partial charge is 0.508 e. The number of aromatic nitrogens is 2. The van der Waals surface area contributed by atoms with E-state index in [0.717, 1.165) is 11.4 Å². The maximum Gasteiger partial charge on any atom is 0.120 e. The van der Waals surface area contributed by atoms with Gasteiger partial charge >= 0.3 is 0 Å². The van der Waals surface area contributed by atoms with Crippen LogP contribution in [0.5, 0.6) is 5.75 Å². The minimum Gasteiger partial charge on any atom is -0.508 e. The van der Waals surface area contributed by atoms with Crippen molar-refractivity contribution in [3.8, 4) is 5.75 Å². The molecule has 3 N–H and O–H groups in total. The zero-order chi connectivity index (χ0) is 11.4. The summed E-state index contributed by atoms with van der Waals surface area (Å²) in [6.07, 6.45) is 3.53. The van der Waals surface area contributed by atoms with Crippen LogP contribution in [0.4, 0.5) is 0 Å². The number of benzene rings is 1. The fourth-order valence-corrected chi connectivity index (χ4v) is 1.56. The van der Waals surface area contributed by atoms with Crippen molar-refractivity contribution in [3.63, 3.8) is 0 Å². The van der Waals surface area contributed by atoms with Crippen LogP contribution >= 0.6 is 0 Å². The van der Waals surface area contributed by atoms with Crippen LogP contribution < -0.4 is 5.32 Å². The Kier molecular flexibility index (Phi) is 3.22. The van der Waals surface area contributed by atoms with E-state index in [-0.39, 0.29) is 6.04 Å². The molecule has 0 bridgehead atoms. The molecule has 0 spiro atoms. The van der Waals surface area contributed by atoms with Crippen LogP contribution in [0.2, 0.25) is 0 Å². The van der Waals surface area contributed by atoms with E-state index in [1.54, 1.807) is 24.5 Å². The molecule has 0 fully saturated rings. The summed E-state index contributed by atoms with van der Waals surface area (Å²) in [5.41, 5.74) is 1.06. The lowest BCUT2D eigenvalue weighted by atomic mass is 10.1. The van der Waals surface area contributed by atoms with Crippen LogP contribution in [0.3, 0.4) is 0 Å². The maximum absolute atomic E-state index is 9.37.